The average molecular weight is 290 g/mol. The summed E-state index contributed by atoms with van der Waals surface area (Å²) in [5.41, 5.74) is 5.42. The molecule has 0 aromatic carbocycles. The number of nitrogens with zero attached hydrogens (tertiary/aromatic N) is 1. The van der Waals surface area contributed by atoms with E-state index in [1.54, 1.807) is 0 Å². The summed E-state index contributed by atoms with van der Waals surface area (Å²) in [5, 5.41) is 2.95. The minimum atomic E-state index is -0.677. The molecule has 1 aliphatic heterocycles. The molecule has 110 valence electrons. The highest BCUT2D eigenvalue weighted by molar-refractivity contribution is 5.86. The maximum Gasteiger partial charge on any atom is 0.240 e. The number of nitrogens with two attached hydrogens (primary N) is 1. The number of hydrogen-bond donors (Lipinski definition) is 2. The molecule has 0 aromatic heterocycles. The molecule has 2 fully saturated rings. The van der Waals surface area contributed by atoms with Gasteiger partial charge in [0.15, 0.2) is 0 Å². The Bertz CT molecular complexity index is 343. The van der Waals surface area contributed by atoms with Crippen LogP contribution in [-0.2, 0) is 9.59 Å². The fourth-order valence-corrected chi connectivity index (χ4v) is 2.87. The van der Waals surface area contributed by atoms with Crippen molar-refractivity contribution in [3.8, 4) is 0 Å². The lowest BCUT2D eigenvalue weighted by Crippen LogP contribution is -2.55. The van der Waals surface area contributed by atoms with Gasteiger partial charge in [0.1, 0.15) is 0 Å². The highest BCUT2D eigenvalue weighted by Crippen LogP contribution is 2.27. The van der Waals surface area contributed by atoms with Gasteiger partial charge in [-0.25, -0.2) is 0 Å². The van der Waals surface area contributed by atoms with Crippen molar-refractivity contribution in [3.63, 3.8) is 0 Å². The quantitative estimate of drug-likeness (QED) is 0.804. The summed E-state index contributed by atoms with van der Waals surface area (Å²) in [5.74, 6) is 0.138. The summed E-state index contributed by atoms with van der Waals surface area (Å²) in [6.45, 7) is 3.34. The van der Waals surface area contributed by atoms with E-state index in [1.807, 2.05) is 11.8 Å². The smallest absolute Gasteiger partial charge is 0.240 e. The minimum absolute atomic E-state index is 0. The summed E-state index contributed by atoms with van der Waals surface area (Å²) in [4.78, 5) is 25.4. The van der Waals surface area contributed by atoms with Gasteiger partial charge in [-0.2, -0.15) is 0 Å². The molecule has 0 aromatic rings. The van der Waals surface area contributed by atoms with Gasteiger partial charge >= 0.3 is 0 Å². The predicted octanol–water partition coefficient (Wildman–Crippen LogP) is 0.807. The Morgan fingerprint density at radius 2 is 2.05 bits per heavy atom. The summed E-state index contributed by atoms with van der Waals surface area (Å²) < 4.78 is 0. The molecule has 19 heavy (non-hydrogen) atoms. The number of rotatable bonds is 4. The van der Waals surface area contributed by atoms with Gasteiger partial charge in [-0.05, 0) is 26.2 Å². The standard InChI is InChI=1S/C13H23N3O2.ClH/c1-10(9-16-8-4-5-11(16)17)15-12(18)13(14)6-2-3-7-13;/h10H,2-9,14H2,1H3,(H,15,18);1H. The molecule has 1 unspecified atom stereocenters. The van der Waals surface area contributed by atoms with Crippen molar-refractivity contribution in [2.75, 3.05) is 13.1 Å². The van der Waals surface area contributed by atoms with Crippen LogP contribution >= 0.6 is 12.4 Å². The first kappa shape index (κ1) is 16.2. The summed E-state index contributed by atoms with van der Waals surface area (Å²) in [6, 6.07) is -0.0272. The van der Waals surface area contributed by atoms with Crippen LogP contribution in [0, 0.1) is 0 Å². The average Bonchev–Trinajstić information content (AvgIpc) is 2.90. The highest BCUT2D eigenvalue weighted by Gasteiger charge is 2.37. The van der Waals surface area contributed by atoms with Gasteiger partial charge in [-0.1, -0.05) is 12.8 Å². The zero-order valence-corrected chi connectivity index (χ0v) is 12.3. The molecular weight excluding hydrogens is 266 g/mol. The maximum atomic E-state index is 12.1. The van der Waals surface area contributed by atoms with Crippen LogP contribution in [0.4, 0.5) is 0 Å². The third kappa shape index (κ3) is 3.83. The Kier molecular flexibility index (Phi) is 5.62. The second-order valence-electron chi connectivity index (χ2n) is 5.68. The molecular formula is C13H24ClN3O2. The normalized spacial score (nSPS) is 23.1. The van der Waals surface area contributed by atoms with Crippen LogP contribution < -0.4 is 11.1 Å². The van der Waals surface area contributed by atoms with E-state index in [2.05, 4.69) is 5.32 Å². The van der Waals surface area contributed by atoms with Crippen molar-refractivity contribution in [2.45, 2.75) is 57.0 Å². The molecule has 1 heterocycles. The number of nitrogens with one attached hydrogen (secondary N) is 1. The van der Waals surface area contributed by atoms with Gasteiger partial charge in [-0.15, -0.1) is 12.4 Å². The zero-order valence-electron chi connectivity index (χ0n) is 11.5. The van der Waals surface area contributed by atoms with Gasteiger partial charge in [0.05, 0.1) is 5.54 Å². The van der Waals surface area contributed by atoms with Gasteiger partial charge in [0.2, 0.25) is 11.8 Å². The third-order valence-corrected chi connectivity index (χ3v) is 3.99. The molecule has 1 atom stereocenters. The van der Waals surface area contributed by atoms with E-state index < -0.39 is 5.54 Å². The summed E-state index contributed by atoms with van der Waals surface area (Å²) in [6.07, 6.45) is 5.18. The molecule has 1 aliphatic carbocycles. The first-order valence-corrected chi connectivity index (χ1v) is 6.89. The molecule has 1 saturated heterocycles. The number of hydrogen-bond acceptors (Lipinski definition) is 3. The van der Waals surface area contributed by atoms with E-state index in [1.165, 1.54) is 0 Å². The van der Waals surface area contributed by atoms with E-state index in [9.17, 15) is 9.59 Å². The Morgan fingerprint density at radius 1 is 1.42 bits per heavy atom. The fourth-order valence-electron chi connectivity index (χ4n) is 2.87. The molecule has 1 saturated carbocycles. The summed E-state index contributed by atoms with van der Waals surface area (Å²) >= 11 is 0. The van der Waals surface area contributed by atoms with Crippen LogP contribution in [0.15, 0.2) is 0 Å². The second kappa shape index (κ2) is 6.57. The second-order valence-corrected chi connectivity index (χ2v) is 5.68. The van der Waals surface area contributed by atoms with Crippen LogP contribution in [-0.4, -0.2) is 41.4 Å². The monoisotopic (exact) mass is 289 g/mol. The first-order chi connectivity index (χ1) is 8.51. The lowest BCUT2D eigenvalue weighted by atomic mass is 9.98. The Labute approximate surface area is 120 Å². The first-order valence-electron chi connectivity index (χ1n) is 6.89. The topological polar surface area (TPSA) is 75.4 Å². The van der Waals surface area contributed by atoms with Gasteiger partial charge < -0.3 is 16.0 Å². The molecule has 6 heteroatoms. The molecule has 2 amide bonds. The zero-order chi connectivity index (χ0) is 13.2. The molecule has 3 N–H and O–H groups in total. The maximum absolute atomic E-state index is 12.1. The van der Waals surface area contributed by atoms with Gasteiger partial charge in [-0.3, -0.25) is 9.59 Å². The fraction of sp³-hybridized carbons (Fsp3) is 0.846. The van der Waals surface area contributed by atoms with E-state index in [0.29, 0.717) is 13.0 Å². The predicted molar refractivity (Wildman–Crippen MR) is 76.1 cm³/mol. The van der Waals surface area contributed by atoms with Crippen molar-refractivity contribution in [1.29, 1.82) is 0 Å². The van der Waals surface area contributed by atoms with Crippen molar-refractivity contribution in [2.24, 2.45) is 5.73 Å². The van der Waals surface area contributed by atoms with Crippen LogP contribution in [0.1, 0.15) is 45.4 Å². The highest BCUT2D eigenvalue weighted by atomic mass is 35.5. The van der Waals surface area contributed by atoms with Crippen LogP contribution in [0.3, 0.4) is 0 Å². The lowest BCUT2D eigenvalue weighted by Gasteiger charge is -2.27. The molecule has 0 spiro atoms. The Hall–Kier alpha value is -0.810. The van der Waals surface area contributed by atoms with Gasteiger partial charge in [0.25, 0.3) is 0 Å². The largest absolute Gasteiger partial charge is 0.350 e. The Balaban J connectivity index is 0.00000180. The number of amides is 2. The number of carbonyl (C=O) groups is 2. The van der Waals surface area contributed by atoms with Crippen molar-refractivity contribution < 1.29 is 9.59 Å². The number of halogens is 1. The van der Waals surface area contributed by atoms with Crippen molar-refractivity contribution in [1.82, 2.24) is 10.2 Å². The Morgan fingerprint density at radius 3 is 2.58 bits per heavy atom. The number of carbonyl (C=O) groups excluding carboxylic acids is 2. The minimum Gasteiger partial charge on any atom is -0.350 e. The van der Waals surface area contributed by atoms with Crippen LogP contribution in [0.5, 0.6) is 0 Å². The molecule has 2 rings (SSSR count). The third-order valence-electron chi connectivity index (χ3n) is 3.99. The van der Waals surface area contributed by atoms with E-state index >= 15 is 0 Å². The van der Waals surface area contributed by atoms with Crippen LogP contribution in [0.2, 0.25) is 0 Å². The van der Waals surface area contributed by atoms with E-state index in [4.69, 9.17) is 5.73 Å². The van der Waals surface area contributed by atoms with Gasteiger partial charge in [0, 0.05) is 25.6 Å². The molecule has 2 aliphatic rings. The summed E-state index contributed by atoms with van der Waals surface area (Å²) in [7, 11) is 0. The molecule has 0 bridgehead atoms. The SMILES string of the molecule is CC(CN1CCCC1=O)NC(=O)C1(N)CCCC1.Cl. The van der Waals surface area contributed by atoms with E-state index in [0.717, 1.165) is 38.6 Å². The molecule has 0 radical (unpaired) electrons. The van der Waals surface area contributed by atoms with E-state index in [-0.39, 0.29) is 30.3 Å². The van der Waals surface area contributed by atoms with Crippen molar-refractivity contribution >= 4 is 24.2 Å². The van der Waals surface area contributed by atoms with Crippen LogP contribution in [0.25, 0.3) is 0 Å². The molecule has 5 nitrogen and oxygen atoms in total. The lowest BCUT2D eigenvalue weighted by molar-refractivity contribution is -0.130. The number of likely N-dealkylation sites (tertiary alicyclic amines) is 1. The van der Waals surface area contributed by atoms with Crippen molar-refractivity contribution in [3.05, 3.63) is 0 Å².